The molecule has 0 aliphatic heterocycles. The van der Waals surface area contributed by atoms with Crippen LogP contribution < -0.4 is 0 Å². The summed E-state index contributed by atoms with van der Waals surface area (Å²) in [6, 6.07) is 0. The number of ether oxygens (including phenoxy) is 5. The first-order valence-electron chi connectivity index (χ1n) is 11.3. The third-order valence-electron chi connectivity index (χ3n) is 5.13. The summed E-state index contributed by atoms with van der Waals surface area (Å²) >= 11 is 0. The highest BCUT2D eigenvalue weighted by molar-refractivity contribution is 5.76. The van der Waals surface area contributed by atoms with Gasteiger partial charge in [-0.3, -0.25) is 4.79 Å². The Kier molecular flexibility index (Phi) is 10.8. The zero-order valence-electron chi connectivity index (χ0n) is 20.8. The molecular formula is C24H46O6. The van der Waals surface area contributed by atoms with E-state index in [0.717, 1.165) is 12.8 Å². The summed E-state index contributed by atoms with van der Waals surface area (Å²) in [7, 11) is 0. The zero-order chi connectivity index (χ0) is 23.0. The third-order valence-corrected chi connectivity index (χ3v) is 5.13. The maximum Gasteiger partial charge on any atom is 0.311 e. The molecule has 0 bridgehead atoms. The first kappa shape index (κ1) is 27.3. The van der Waals surface area contributed by atoms with Crippen LogP contribution in [0.2, 0.25) is 0 Å². The lowest BCUT2D eigenvalue weighted by atomic mass is 9.89. The molecule has 0 aromatic carbocycles. The van der Waals surface area contributed by atoms with Crippen LogP contribution in [0.25, 0.3) is 0 Å². The van der Waals surface area contributed by atoms with Gasteiger partial charge in [0.15, 0.2) is 0 Å². The number of rotatable bonds is 11. The fraction of sp³-hybridized carbons (Fsp3) is 0.958. The molecule has 178 valence electrons. The van der Waals surface area contributed by atoms with Crippen LogP contribution in [0.5, 0.6) is 0 Å². The maximum atomic E-state index is 12.6. The predicted molar refractivity (Wildman–Crippen MR) is 118 cm³/mol. The molecule has 0 heterocycles. The van der Waals surface area contributed by atoms with E-state index >= 15 is 0 Å². The second-order valence-electron chi connectivity index (χ2n) is 11.6. The Hall–Kier alpha value is -0.690. The van der Waals surface area contributed by atoms with Crippen molar-refractivity contribution < 1.29 is 28.5 Å². The van der Waals surface area contributed by atoms with Crippen molar-refractivity contribution in [2.24, 2.45) is 16.2 Å². The molecule has 2 atom stereocenters. The van der Waals surface area contributed by atoms with E-state index in [1.54, 1.807) is 0 Å². The van der Waals surface area contributed by atoms with Gasteiger partial charge < -0.3 is 23.7 Å². The number of carbonyl (C=O) groups excluding carboxylic acids is 1. The van der Waals surface area contributed by atoms with E-state index < -0.39 is 5.41 Å². The minimum Gasteiger partial charge on any atom is -0.462 e. The molecule has 30 heavy (non-hydrogen) atoms. The lowest BCUT2D eigenvalue weighted by molar-refractivity contribution is -0.184. The monoisotopic (exact) mass is 430 g/mol. The van der Waals surface area contributed by atoms with Crippen LogP contribution in [0.3, 0.4) is 0 Å². The summed E-state index contributed by atoms with van der Waals surface area (Å²) in [5, 5.41) is 0. The minimum absolute atomic E-state index is 0.0751. The molecule has 6 nitrogen and oxygen atoms in total. The molecule has 0 aromatic heterocycles. The van der Waals surface area contributed by atoms with Gasteiger partial charge in [-0.2, -0.15) is 0 Å². The second-order valence-corrected chi connectivity index (χ2v) is 11.6. The van der Waals surface area contributed by atoms with E-state index in [0.29, 0.717) is 26.1 Å². The first-order valence-corrected chi connectivity index (χ1v) is 11.3. The van der Waals surface area contributed by atoms with E-state index in [2.05, 4.69) is 41.5 Å². The number of hydrogen-bond acceptors (Lipinski definition) is 6. The molecule has 0 N–H and O–H groups in total. The minimum atomic E-state index is -0.490. The standard InChI is InChI=1S/C24H46O6/c1-10-24(8,9)21(25)30-20-12-18(28-16-26-14-22(2,3)4)11-19(13-20)29-17-27-15-23(5,6)7/h18-20H,10-17H2,1-9H3. The molecule has 2 unspecified atom stereocenters. The van der Waals surface area contributed by atoms with Crippen LogP contribution in [0.1, 0.15) is 88.0 Å². The molecule has 1 saturated carbocycles. The first-order chi connectivity index (χ1) is 13.7. The number of carbonyl (C=O) groups is 1. The molecule has 1 aliphatic rings. The van der Waals surface area contributed by atoms with Gasteiger partial charge in [0.1, 0.15) is 19.7 Å². The van der Waals surface area contributed by atoms with Gasteiger partial charge in [-0.1, -0.05) is 48.5 Å². The van der Waals surface area contributed by atoms with Crippen molar-refractivity contribution in [2.45, 2.75) is 106 Å². The quantitative estimate of drug-likeness (QED) is 0.251. The van der Waals surface area contributed by atoms with Crippen LogP contribution in [-0.2, 0) is 28.5 Å². The van der Waals surface area contributed by atoms with Crippen molar-refractivity contribution in [1.82, 2.24) is 0 Å². The van der Waals surface area contributed by atoms with E-state index in [1.807, 2.05) is 20.8 Å². The van der Waals surface area contributed by atoms with Crippen molar-refractivity contribution in [3.8, 4) is 0 Å². The molecule has 1 aliphatic carbocycles. The molecule has 0 amide bonds. The van der Waals surface area contributed by atoms with Gasteiger partial charge in [0, 0.05) is 19.3 Å². The van der Waals surface area contributed by atoms with E-state index in [4.69, 9.17) is 23.7 Å². The van der Waals surface area contributed by atoms with Crippen LogP contribution >= 0.6 is 0 Å². The van der Waals surface area contributed by atoms with E-state index in [9.17, 15) is 4.79 Å². The topological polar surface area (TPSA) is 63.2 Å². The van der Waals surface area contributed by atoms with E-state index in [1.165, 1.54) is 0 Å². The van der Waals surface area contributed by atoms with Crippen molar-refractivity contribution in [1.29, 1.82) is 0 Å². The lowest BCUT2D eigenvalue weighted by Gasteiger charge is -2.36. The van der Waals surface area contributed by atoms with E-state index in [-0.39, 0.29) is 48.7 Å². The zero-order valence-corrected chi connectivity index (χ0v) is 20.8. The van der Waals surface area contributed by atoms with Gasteiger partial charge >= 0.3 is 5.97 Å². The molecule has 6 heteroatoms. The highest BCUT2D eigenvalue weighted by atomic mass is 16.7. The van der Waals surface area contributed by atoms with Gasteiger partial charge in [-0.05, 0) is 31.1 Å². The summed E-state index contributed by atoms with van der Waals surface area (Å²) in [6.45, 7) is 20.3. The average Bonchev–Trinajstić information content (AvgIpc) is 2.60. The molecular weight excluding hydrogens is 384 g/mol. The Labute approximate surface area is 184 Å². The lowest BCUT2D eigenvalue weighted by Crippen LogP contribution is -2.41. The Morgan fingerprint density at radius 3 is 1.50 bits per heavy atom. The highest BCUT2D eigenvalue weighted by Crippen LogP contribution is 2.30. The third kappa shape index (κ3) is 11.6. The Morgan fingerprint density at radius 2 is 1.13 bits per heavy atom. The van der Waals surface area contributed by atoms with Gasteiger partial charge in [-0.25, -0.2) is 0 Å². The summed E-state index contributed by atoms with van der Waals surface area (Å²) in [5.74, 6) is -0.164. The Balaban J connectivity index is 2.60. The van der Waals surface area contributed by atoms with Crippen LogP contribution in [0, 0.1) is 16.2 Å². The normalized spacial score (nSPS) is 23.4. The smallest absolute Gasteiger partial charge is 0.311 e. The van der Waals surface area contributed by atoms with Crippen molar-refractivity contribution in [2.75, 3.05) is 26.8 Å². The van der Waals surface area contributed by atoms with Crippen molar-refractivity contribution >= 4 is 5.97 Å². The number of esters is 1. The summed E-state index contributed by atoms with van der Waals surface area (Å²) in [4.78, 5) is 12.6. The summed E-state index contributed by atoms with van der Waals surface area (Å²) in [5.41, 5.74) is -0.304. The number of hydrogen-bond donors (Lipinski definition) is 0. The SMILES string of the molecule is CCC(C)(C)C(=O)OC1CC(OCOCC(C)(C)C)CC(OCOCC(C)(C)C)C1. The molecule has 1 rings (SSSR count). The fourth-order valence-corrected chi connectivity index (χ4v) is 2.98. The predicted octanol–water partition coefficient (Wildman–Crippen LogP) is 5.33. The van der Waals surface area contributed by atoms with Crippen LogP contribution in [-0.4, -0.2) is 51.1 Å². The highest BCUT2D eigenvalue weighted by Gasteiger charge is 2.36. The molecule has 0 aromatic rings. The van der Waals surface area contributed by atoms with Crippen LogP contribution in [0.4, 0.5) is 0 Å². The Morgan fingerprint density at radius 1 is 0.733 bits per heavy atom. The molecule has 0 radical (unpaired) electrons. The van der Waals surface area contributed by atoms with Crippen LogP contribution in [0.15, 0.2) is 0 Å². The van der Waals surface area contributed by atoms with Gasteiger partial charge in [0.25, 0.3) is 0 Å². The largest absolute Gasteiger partial charge is 0.462 e. The maximum absolute atomic E-state index is 12.6. The molecule has 0 saturated heterocycles. The average molecular weight is 431 g/mol. The van der Waals surface area contributed by atoms with Crippen molar-refractivity contribution in [3.63, 3.8) is 0 Å². The summed E-state index contributed by atoms with van der Waals surface area (Å²) in [6.07, 6.45) is 2.42. The van der Waals surface area contributed by atoms with Gasteiger partial charge in [-0.15, -0.1) is 0 Å². The summed E-state index contributed by atoms with van der Waals surface area (Å²) < 4.78 is 29.1. The Bertz CT molecular complexity index is 473. The van der Waals surface area contributed by atoms with Crippen molar-refractivity contribution in [3.05, 3.63) is 0 Å². The molecule has 1 fully saturated rings. The van der Waals surface area contributed by atoms with Gasteiger partial charge in [0.2, 0.25) is 0 Å². The van der Waals surface area contributed by atoms with Gasteiger partial charge in [0.05, 0.1) is 30.8 Å². The second kappa shape index (κ2) is 11.8. The fourth-order valence-electron chi connectivity index (χ4n) is 2.98. The molecule has 0 spiro atoms.